The number of aryl methyl sites for hydroxylation is 1. The van der Waals surface area contributed by atoms with E-state index in [1.54, 1.807) is 19.2 Å². The molecule has 1 amide bonds. The average Bonchev–Trinajstić information content (AvgIpc) is 2.73. The summed E-state index contributed by atoms with van der Waals surface area (Å²) in [5.41, 5.74) is 1.64. The lowest BCUT2D eigenvalue weighted by molar-refractivity contribution is -0.116. The first-order valence-electron chi connectivity index (χ1n) is 10.0. The first-order valence-corrected chi connectivity index (χ1v) is 11.5. The second-order valence-corrected chi connectivity index (χ2v) is 9.09. The molecule has 0 radical (unpaired) electrons. The van der Waals surface area contributed by atoms with E-state index in [1.807, 2.05) is 24.3 Å². The van der Waals surface area contributed by atoms with Crippen LogP contribution < -0.4 is 14.8 Å². The molecule has 29 heavy (non-hydrogen) atoms. The maximum Gasteiger partial charge on any atom is 0.240 e. The van der Waals surface area contributed by atoms with Crippen molar-refractivity contribution in [2.45, 2.75) is 55.9 Å². The molecular weight excluding hydrogens is 388 g/mol. The number of ether oxygens (including phenoxy) is 1. The number of methoxy groups -OCH3 is 1. The zero-order valence-corrected chi connectivity index (χ0v) is 17.5. The van der Waals surface area contributed by atoms with Crippen LogP contribution in [0.25, 0.3) is 0 Å². The van der Waals surface area contributed by atoms with Gasteiger partial charge in [-0.25, -0.2) is 13.1 Å². The van der Waals surface area contributed by atoms with Crippen LogP contribution in [0.5, 0.6) is 5.75 Å². The fourth-order valence-electron chi connectivity index (χ4n) is 3.50. The van der Waals surface area contributed by atoms with Crippen molar-refractivity contribution in [2.24, 2.45) is 0 Å². The molecule has 1 aliphatic rings. The number of carbonyl (C=O) groups excluding carboxylic acids is 1. The third-order valence-electron chi connectivity index (χ3n) is 5.18. The fourth-order valence-corrected chi connectivity index (χ4v) is 4.80. The maximum atomic E-state index is 12.5. The van der Waals surface area contributed by atoms with Crippen LogP contribution in [0.3, 0.4) is 0 Å². The van der Waals surface area contributed by atoms with E-state index in [0.29, 0.717) is 18.5 Å². The summed E-state index contributed by atoms with van der Waals surface area (Å²) in [6, 6.07) is 13.9. The summed E-state index contributed by atoms with van der Waals surface area (Å²) in [5, 5.41) is 2.82. The van der Waals surface area contributed by atoms with Gasteiger partial charge in [0.05, 0.1) is 12.0 Å². The molecule has 2 aromatic carbocycles. The quantitative estimate of drug-likeness (QED) is 0.684. The van der Waals surface area contributed by atoms with E-state index in [1.165, 1.54) is 18.6 Å². The predicted octanol–water partition coefficient (Wildman–Crippen LogP) is 3.88. The van der Waals surface area contributed by atoms with Gasteiger partial charge in [0.15, 0.2) is 0 Å². The number of benzene rings is 2. The molecule has 0 aromatic heterocycles. The second-order valence-electron chi connectivity index (χ2n) is 7.38. The van der Waals surface area contributed by atoms with Crippen molar-refractivity contribution >= 4 is 21.6 Å². The number of anilines is 1. The van der Waals surface area contributed by atoms with Crippen molar-refractivity contribution in [1.82, 2.24) is 4.72 Å². The van der Waals surface area contributed by atoms with Gasteiger partial charge in [-0.15, -0.1) is 0 Å². The first-order chi connectivity index (χ1) is 14.0. The van der Waals surface area contributed by atoms with Gasteiger partial charge >= 0.3 is 0 Å². The van der Waals surface area contributed by atoms with Gasteiger partial charge in [-0.05, 0) is 61.2 Å². The molecule has 3 rings (SSSR count). The summed E-state index contributed by atoms with van der Waals surface area (Å²) in [6.07, 6.45) is 6.04. The summed E-state index contributed by atoms with van der Waals surface area (Å²) in [7, 11) is -1.91. The lowest BCUT2D eigenvalue weighted by Crippen LogP contribution is -2.36. The van der Waals surface area contributed by atoms with Gasteiger partial charge in [0.25, 0.3) is 0 Å². The highest BCUT2D eigenvalue weighted by atomic mass is 32.2. The monoisotopic (exact) mass is 416 g/mol. The van der Waals surface area contributed by atoms with Crippen LogP contribution in [0.4, 0.5) is 5.69 Å². The molecule has 1 fully saturated rings. The van der Waals surface area contributed by atoms with E-state index >= 15 is 0 Å². The molecule has 0 bridgehead atoms. The SMILES string of the molecule is COc1ccc(CCC(=O)Nc2ccc(S(=O)(=O)NC3CCCCC3)cc2)cc1. The van der Waals surface area contributed by atoms with Crippen molar-refractivity contribution in [1.29, 1.82) is 0 Å². The molecule has 0 unspecified atom stereocenters. The molecule has 2 aromatic rings. The largest absolute Gasteiger partial charge is 0.497 e. The van der Waals surface area contributed by atoms with Crippen molar-refractivity contribution in [3.8, 4) is 5.75 Å². The second kappa shape index (κ2) is 9.89. The summed E-state index contributed by atoms with van der Waals surface area (Å²) in [5.74, 6) is 0.669. The van der Waals surface area contributed by atoms with E-state index < -0.39 is 10.0 Å². The minimum atomic E-state index is -3.53. The Bertz CT molecular complexity index is 903. The van der Waals surface area contributed by atoms with Crippen LogP contribution >= 0.6 is 0 Å². The number of nitrogens with one attached hydrogen (secondary N) is 2. The number of carbonyl (C=O) groups is 1. The van der Waals surface area contributed by atoms with Crippen molar-refractivity contribution in [3.63, 3.8) is 0 Å². The minimum absolute atomic E-state index is 0.0195. The number of rotatable bonds is 8. The molecule has 0 spiro atoms. The van der Waals surface area contributed by atoms with E-state index in [0.717, 1.165) is 37.0 Å². The molecule has 6 nitrogen and oxygen atoms in total. The molecule has 0 saturated heterocycles. The topological polar surface area (TPSA) is 84.5 Å². The Morgan fingerprint density at radius 3 is 2.28 bits per heavy atom. The average molecular weight is 417 g/mol. The van der Waals surface area contributed by atoms with Gasteiger partial charge < -0.3 is 10.1 Å². The van der Waals surface area contributed by atoms with Crippen LogP contribution in [0.1, 0.15) is 44.1 Å². The van der Waals surface area contributed by atoms with Gasteiger partial charge in [0, 0.05) is 18.2 Å². The van der Waals surface area contributed by atoms with E-state index in [2.05, 4.69) is 10.0 Å². The summed E-state index contributed by atoms with van der Waals surface area (Å²) < 4.78 is 33.0. The standard InChI is InChI=1S/C22H28N2O4S/c1-28-20-12-7-17(8-13-20)9-16-22(25)23-18-10-14-21(15-11-18)29(26,27)24-19-5-3-2-4-6-19/h7-8,10-15,19,24H,2-6,9,16H2,1H3,(H,23,25). The summed E-state index contributed by atoms with van der Waals surface area (Å²) in [4.78, 5) is 12.4. The Labute approximate surface area is 172 Å². The Morgan fingerprint density at radius 2 is 1.66 bits per heavy atom. The first kappa shape index (κ1) is 21.3. The Balaban J connectivity index is 1.51. The number of amides is 1. The van der Waals surface area contributed by atoms with Crippen molar-refractivity contribution in [3.05, 3.63) is 54.1 Å². The van der Waals surface area contributed by atoms with E-state index in [4.69, 9.17) is 4.74 Å². The van der Waals surface area contributed by atoms with Crippen molar-refractivity contribution in [2.75, 3.05) is 12.4 Å². The smallest absolute Gasteiger partial charge is 0.240 e. The molecule has 2 N–H and O–H groups in total. The highest BCUT2D eigenvalue weighted by molar-refractivity contribution is 7.89. The molecule has 1 saturated carbocycles. The molecular formula is C22H28N2O4S. The maximum absolute atomic E-state index is 12.5. The van der Waals surface area contributed by atoms with Gasteiger partial charge in [-0.2, -0.15) is 0 Å². The van der Waals surface area contributed by atoms with Crippen LogP contribution in [-0.4, -0.2) is 27.5 Å². The van der Waals surface area contributed by atoms with Gasteiger partial charge in [0.1, 0.15) is 5.75 Å². The van der Waals surface area contributed by atoms with Crippen LogP contribution in [0, 0.1) is 0 Å². The van der Waals surface area contributed by atoms with Crippen LogP contribution in [0.2, 0.25) is 0 Å². The molecule has 1 aliphatic carbocycles. The molecule has 0 atom stereocenters. The lowest BCUT2D eigenvalue weighted by Gasteiger charge is -2.22. The molecule has 156 valence electrons. The third-order valence-corrected chi connectivity index (χ3v) is 6.71. The van der Waals surface area contributed by atoms with Crippen molar-refractivity contribution < 1.29 is 17.9 Å². The normalized spacial score (nSPS) is 15.1. The Kier molecular flexibility index (Phi) is 7.28. The Morgan fingerprint density at radius 1 is 1.00 bits per heavy atom. The Hall–Kier alpha value is -2.38. The van der Waals surface area contributed by atoms with E-state index in [9.17, 15) is 13.2 Å². The number of hydrogen-bond donors (Lipinski definition) is 2. The molecule has 0 heterocycles. The fraction of sp³-hybridized carbons (Fsp3) is 0.409. The number of sulfonamides is 1. The molecule has 7 heteroatoms. The zero-order valence-electron chi connectivity index (χ0n) is 16.7. The highest BCUT2D eigenvalue weighted by Crippen LogP contribution is 2.21. The van der Waals surface area contributed by atoms with Crippen LogP contribution in [-0.2, 0) is 21.2 Å². The minimum Gasteiger partial charge on any atom is -0.497 e. The summed E-state index contributed by atoms with van der Waals surface area (Å²) >= 11 is 0. The van der Waals surface area contributed by atoms with Gasteiger partial charge in [-0.1, -0.05) is 31.4 Å². The zero-order chi connectivity index (χ0) is 20.7. The number of hydrogen-bond acceptors (Lipinski definition) is 4. The van der Waals surface area contributed by atoms with Gasteiger partial charge in [-0.3, -0.25) is 4.79 Å². The summed E-state index contributed by atoms with van der Waals surface area (Å²) in [6.45, 7) is 0. The lowest BCUT2D eigenvalue weighted by atomic mass is 9.96. The molecule has 0 aliphatic heterocycles. The van der Waals surface area contributed by atoms with E-state index in [-0.39, 0.29) is 16.8 Å². The predicted molar refractivity (Wildman–Crippen MR) is 114 cm³/mol. The van der Waals surface area contributed by atoms with Crippen LogP contribution in [0.15, 0.2) is 53.4 Å². The highest BCUT2D eigenvalue weighted by Gasteiger charge is 2.21. The van der Waals surface area contributed by atoms with Gasteiger partial charge in [0.2, 0.25) is 15.9 Å². The third kappa shape index (κ3) is 6.30.